The third-order valence-electron chi connectivity index (χ3n) is 9.90. The molecule has 8 aromatic carbocycles. The van der Waals surface area contributed by atoms with Gasteiger partial charge in [0.1, 0.15) is 39.9 Å². The minimum absolute atomic E-state index is 0.861. The summed E-state index contributed by atoms with van der Waals surface area (Å²) in [6.07, 6.45) is 7.45. The first-order valence-electron chi connectivity index (χ1n) is 15.7. The van der Waals surface area contributed by atoms with Crippen molar-refractivity contribution >= 4 is 88.3 Å². The molecular formula is C44H23O2+. The average molecular weight is 584 g/mol. The lowest BCUT2D eigenvalue weighted by Gasteiger charge is -2.21. The number of hydrogen-bond acceptors (Lipinski definition) is 2. The monoisotopic (exact) mass is 583 g/mol. The van der Waals surface area contributed by atoms with Crippen LogP contribution in [0.4, 0.5) is 0 Å². The Hall–Kier alpha value is -6.21. The highest BCUT2D eigenvalue weighted by Gasteiger charge is 2.28. The number of hydrogen-bond donors (Lipinski definition) is 0. The maximum absolute atomic E-state index is 7.19. The molecule has 0 unspecified atom stereocenters. The minimum Gasteiger partial charge on any atom is -0.455 e. The van der Waals surface area contributed by atoms with Gasteiger partial charge in [0.25, 0.3) is 0 Å². The topological polar surface area (TPSA) is 26.3 Å². The van der Waals surface area contributed by atoms with Crippen LogP contribution in [0.15, 0.2) is 136 Å². The van der Waals surface area contributed by atoms with Gasteiger partial charge < -0.3 is 8.83 Å². The van der Waals surface area contributed by atoms with E-state index in [0.29, 0.717) is 0 Å². The summed E-state index contributed by atoms with van der Waals surface area (Å²) < 4.78 is 14.4. The predicted molar refractivity (Wildman–Crippen MR) is 192 cm³/mol. The molecule has 210 valence electrons. The molecule has 0 saturated carbocycles. The summed E-state index contributed by atoms with van der Waals surface area (Å²) >= 11 is 0. The molecule has 2 aromatic heterocycles. The molecule has 0 saturated heterocycles. The van der Waals surface area contributed by atoms with Crippen LogP contribution in [0, 0.1) is 6.08 Å². The van der Waals surface area contributed by atoms with Crippen LogP contribution in [-0.2, 0) is 0 Å². The number of fused-ring (bicyclic) bond motifs is 4. The second-order valence-electron chi connectivity index (χ2n) is 12.3. The first-order valence-corrected chi connectivity index (χ1v) is 15.7. The van der Waals surface area contributed by atoms with Gasteiger partial charge in [-0.2, -0.15) is 0 Å². The molecule has 2 nitrogen and oxygen atoms in total. The lowest BCUT2D eigenvalue weighted by molar-refractivity contribution is 0.656. The highest BCUT2D eigenvalue weighted by molar-refractivity contribution is 6.35. The zero-order valence-corrected chi connectivity index (χ0v) is 24.6. The highest BCUT2D eigenvalue weighted by atomic mass is 16.3. The molecule has 10 aromatic rings. The Bertz CT molecular complexity index is 2980. The zero-order valence-electron chi connectivity index (χ0n) is 24.6. The normalized spacial score (nSPS) is 12.7. The molecule has 2 heteroatoms. The van der Waals surface area contributed by atoms with Crippen LogP contribution in [0.3, 0.4) is 0 Å². The largest absolute Gasteiger partial charge is 0.455 e. The molecule has 0 amide bonds. The SMILES string of the molecule is [C+]1=Cc2ccc3c4c(-c5ccccc5)c5oc6ccc7cccc8ccc(c5c(-c5ccccc5)c4oc4ccc(c2c43)=C1)c6c78. The average Bonchev–Trinajstić information content (AvgIpc) is 3.12. The highest BCUT2D eigenvalue weighted by Crippen LogP contribution is 2.51. The molecule has 0 radical (unpaired) electrons. The van der Waals surface area contributed by atoms with E-state index in [1.807, 2.05) is 0 Å². The van der Waals surface area contributed by atoms with Gasteiger partial charge in [-0.1, -0.05) is 97.1 Å². The fraction of sp³-hybridized carbons (Fsp3) is 0. The Kier molecular flexibility index (Phi) is 4.57. The second-order valence-corrected chi connectivity index (χ2v) is 12.3. The van der Waals surface area contributed by atoms with Crippen LogP contribution in [0.2, 0.25) is 0 Å². The van der Waals surface area contributed by atoms with Crippen LogP contribution in [0.25, 0.3) is 111 Å². The molecule has 0 aliphatic heterocycles. The fourth-order valence-corrected chi connectivity index (χ4v) is 8.02. The summed E-state index contributed by atoms with van der Waals surface area (Å²) in [5.74, 6) is 0. The number of rotatable bonds is 2. The van der Waals surface area contributed by atoms with Crippen LogP contribution in [0.1, 0.15) is 5.56 Å². The molecule has 46 heavy (non-hydrogen) atoms. The minimum atomic E-state index is 0.861. The van der Waals surface area contributed by atoms with Gasteiger partial charge >= 0.3 is 0 Å². The summed E-state index contributed by atoms with van der Waals surface area (Å²) in [7, 11) is 0. The van der Waals surface area contributed by atoms with Crippen molar-refractivity contribution in [3.63, 3.8) is 0 Å². The van der Waals surface area contributed by atoms with Crippen molar-refractivity contribution in [2.45, 2.75) is 0 Å². The van der Waals surface area contributed by atoms with Gasteiger partial charge in [-0.05, 0) is 45.5 Å². The Balaban J connectivity index is 1.50. The van der Waals surface area contributed by atoms with E-state index in [1.54, 1.807) is 0 Å². The molecule has 0 fully saturated rings. The molecule has 0 spiro atoms. The Labute approximate surface area is 263 Å². The van der Waals surface area contributed by atoms with E-state index in [4.69, 9.17) is 8.83 Å². The van der Waals surface area contributed by atoms with Gasteiger partial charge in [0, 0.05) is 56.3 Å². The van der Waals surface area contributed by atoms with E-state index >= 15 is 0 Å². The third-order valence-corrected chi connectivity index (χ3v) is 9.90. The van der Waals surface area contributed by atoms with E-state index in [2.05, 4.69) is 146 Å². The van der Waals surface area contributed by atoms with E-state index in [-0.39, 0.29) is 0 Å². The van der Waals surface area contributed by atoms with Crippen molar-refractivity contribution in [2.24, 2.45) is 0 Å². The quantitative estimate of drug-likeness (QED) is 0.115. The van der Waals surface area contributed by atoms with E-state index < -0.39 is 0 Å². The van der Waals surface area contributed by atoms with Crippen LogP contribution in [-0.4, -0.2) is 0 Å². The lowest BCUT2D eigenvalue weighted by atomic mass is 9.85. The Morgan fingerprint density at radius 3 is 1.63 bits per heavy atom. The zero-order chi connectivity index (χ0) is 29.9. The van der Waals surface area contributed by atoms with Crippen LogP contribution >= 0.6 is 0 Å². The maximum Gasteiger partial charge on any atom is 0.144 e. The predicted octanol–water partition coefficient (Wildman–Crippen LogP) is 11.6. The van der Waals surface area contributed by atoms with Gasteiger partial charge in [0.05, 0.1) is 16.2 Å². The van der Waals surface area contributed by atoms with Gasteiger partial charge in [-0.25, -0.2) is 0 Å². The standard InChI is InChI=1S/C44H23O2/c1-3-9-25(10-4-1)37-41-31-21-17-27-13-7-15-29-20-24-34(39(31)35(27)29)46-44(41)38(26-11-5-2-6-12-26)42-32-22-18-28-14-8-16-30-19-23-33(45-43(37)42)40(32)36(28)30/h1-7,9-24H/q+1. The van der Waals surface area contributed by atoms with Crippen LogP contribution < -0.4 is 5.22 Å². The molecular weight excluding hydrogens is 560 g/mol. The van der Waals surface area contributed by atoms with Gasteiger partial charge in [-0.3, -0.25) is 0 Å². The molecule has 0 bridgehead atoms. The Morgan fingerprint density at radius 1 is 0.413 bits per heavy atom. The second kappa shape index (κ2) is 8.70. The smallest absolute Gasteiger partial charge is 0.144 e. The molecule has 11 rings (SSSR count). The summed E-state index contributed by atoms with van der Waals surface area (Å²) in [5, 5.41) is 12.7. The van der Waals surface area contributed by atoms with Crippen molar-refractivity contribution in [2.75, 3.05) is 0 Å². The summed E-state index contributed by atoms with van der Waals surface area (Å²) in [6, 6.07) is 45.4. The summed E-state index contributed by atoms with van der Waals surface area (Å²) in [6.45, 7) is 0. The number of allylic oxidation sites excluding steroid dienone is 1. The molecule has 0 N–H and O–H groups in total. The lowest BCUT2D eigenvalue weighted by Crippen LogP contribution is -2.06. The molecule has 1 aliphatic carbocycles. The van der Waals surface area contributed by atoms with Crippen molar-refractivity contribution in [3.05, 3.63) is 144 Å². The summed E-state index contributed by atoms with van der Waals surface area (Å²) in [4.78, 5) is 0. The molecule has 2 heterocycles. The number of benzene rings is 8. The Morgan fingerprint density at radius 2 is 0.978 bits per heavy atom. The first-order chi connectivity index (χ1) is 22.8. The van der Waals surface area contributed by atoms with Gasteiger partial charge in [0.2, 0.25) is 0 Å². The van der Waals surface area contributed by atoms with Crippen molar-refractivity contribution in [3.8, 4) is 22.3 Å². The van der Waals surface area contributed by atoms with E-state index in [9.17, 15) is 0 Å². The summed E-state index contributed by atoms with van der Waals surface area (Å²) in [5.41, 5.74) is 8.91. The van der Waals surface area contributed by atoms with Crippen molar-refractivity contribution in [1.82, 2.24) is 0 Å². The van der Waals surface area contributed by atoms with Crippen molar-refractivity contribution in [1.29, 1.82) is 0 Å². The van der Waals surface area contributed by atoms with Crippen molar-refractivity contribution < 1.29 is 8.83 Å². The third kappa shape index (κ3) is 3.04. The van der Waals surface area contributed by atoms with Gasteiger partial charge in [-0.15, -0.1) is 0 Å². The first kappa shape index (κ1) is 24.2. The molecule has 0 atom stereocenters. The fourth-order valence-electron chi connectivity index (χ4n) is 8.02. The van der Waals surface area contributed by atoms with Crippen LogP contribution in [0.5, 0.6) is 0 Å². The van der Waals surface area contributed by atoms with E-state index in [0.717, 1.165) is 87.7 Å². The maximum atomic E-state index is 7.19. The molecule has 1 aliphatic rings. The van der Waals surface area contributed by atoms with Gasteiger partial charge in [0.15, 0.2) is 0 Å². The van der Waals surface area contributed by atoms with E-state index in [1.165, 1.54) is 21.5 Å².